The Kier molecular flexibility index (Phi) is 4.01. The summed E-state index contributed by atoms with van der Waals surface area (Å²) >= 11 is 0. The van der Waals surface area contributed by atoms with E-state index in [1.54, 1.807) is 17.0 Å². The molecule has 1 aromatic heterocycles. The van der Waals surface area contributed by atoms with Crippen LogP contribution in [0, 0.1) is 5.92 Å². The Morgan fingerprint density at radius 1 is 1.22 bits per heavy atom. The van der Waals surface area contributed by atoms with E-state index >= 15 is 0 Å². The summed E-state index contributed by atoms with van der Waals surface area (Å²) < 4.78 is 1.78. The summed E-state index contributed by atoms with van der Waals surface area (Å²) in [6, 6.07) is 1.74. The molecule has 0 radical (unpaired) electrons. The van der Waals surface area contributed by atoms with Gasteiger partial charge in [0.1, 0.15) is 0 Å². The largest absolute Gasteiger partial charge is 0.389 e. The van der Waals surface area contributed by atoms with Gasteiger partial charge in [0.05, 0.1) is 17.6 Å². The van der Waals surface area contributed by atoms with Crippen molar-refractivity contribution in [3.8, 4) is 0 Å². The van der Waals surface area contributed by atoms with Crippen molar-refractivity contribution in [3.63, 3.8) is 0 Å². The summed E-state index contributed by atoms with van der Waals surface area (Å²) in [6.07, 6.45) is 9.41. The van der Waals surface area contributed by atoms with Crippen LogP contribution in [0.15, 0.2) is 17.2 Å². The number of nitrogens with zero attached hydrogens (tertiary/aromatic N) is 3. The van der Waals surface area contributed by atoms with Gasteiger partial charge in [-0.25, -0.2) is 4.98 Å². The summed E-state index contributed by atoms with van der Waals surface area (Å²) in [4.78, 5) is 19.1. The van der Waals surface area contributed by atoms with E-state index in [2.05, 4.69) is 9.88 Å². The summed E-state index contributed by atoms with van der Waals surface area (Å²) in [7, 11) is 0. The zero-order valence-corrected chi connectivity index (χ0v) is 13.8. The van der Waals surface area contributed by atoms with Crippen LogP contribution >= 0.6 is 0 Å². The fraction of sp³-hybridized carbons (Fsp3) is 0.778. The zero-order chi connectivity index (χ0) is 15.9. The fourth-order valence-electron chi connectivity index (χ4n) is 3.94. The molecule has 0 unspecified atom stereocenters. The SMILES string of the molecule is O=c1cc(C2CC2)ncn1CC1CCN(CC2(O)CCC2)CC1. The molecule has 3 fully saturated rings. The van der Waals surface area contributed by atoms with Crippen LogP contribution in [0.4, 0.5) is 0 Å². The first kappa shape index (κ1) is 15.3. The van der Waals surface area contributed by atoms with Gasteiger partial charge in [-0.05, 0) is 64.0 Å². The van der Waals surface area contributed by atoms with Gasteiger partial charge in [-0.3, -0.25) is 9.36 Å². The number of piperidine rings is 1. The maximum atomic E-state index is 12.2. The van der Waals surface area contributed by atoms with Gasteiger partial charge in [0.25, 0.3) is 5.56 Å². The quantitative estimate of drug-likeness (QED) is 0.899. The lowest BCUT2D eigenvalue weighted by molar-refractivity contribution is -0.0639. The zero-order valence-electron chi connectivity index (χ0n) is 13.8. The Morgan fingerprint density at radius 2 is 1.96 bits per heavy atom. The van der Waals surface area contributed by atoms with E-state index in [4.69, 9.17) is 0 Å². The molecule has 1 N–H and O–H groups in total. The third-order valence-electron chi connectivity index (χ3n) is 5.86. The lowest BCUT2D eigenvalue weighted by atomic mass is 9.79. The monoisotopic (exact) mass is 317 g/mol. The standard InChI is InChI=1S/C18H27N3O2/c22-17-10-16(15-2-3-15)19-13-21(17)11-14-4-8-20(9-5-14)12-18(23)6-1-7-18/h10,13-15,23H,1-9,11-12H2. The van der Waals surface area contributed by atoms with E-state index in [-0.39, 0.29) is 5.56 Å². The highest BCUT2D eigenvalue weighted by Crippen LogP contribution is 2.38. The molecular formula is C18H27N3O2. The lowest BCUT2D eigenvalue weighted by Gasteiger charge is -2.42. The van der Waals surface area contributed by atoms with Crippen molar-refractivity contribution in [2.45, 2.75) is 63.0 Å². The molecule has 5 heteroatoms. The Balaban J connectivity index is 1.30. The van der Waals surface area contributed by atoms with E-state index < -0.39 is 5.60 Å². The third-order valence-corrected chi connectivity index (χ3v) is 5.86. The molecule has 3 aliphatic rings. The molecule has 4 rings (SSSR count). The minimum atomic E-state index is -0.410. The van der Waals surface area contributed by atoms with Gasteiger partial charge in [-0.2, -0.15) is 0 Å². The molecule has 0 bridgehead atoms. The minimum Gasteiger partial charge on any atom is -0.389 e. The second-order valence-electron chi connectivity index (χ2n) is 7.88. The number of β-amino-alcohol motifs (C(OH)–C–C–N with tert-alkyl or cyclic N) is 1. The number of hydrogen-bond acceptors (Lipinski definition) is 4. The average molecular weight is 317 g/mol. The molecule has 0 amide bonds. The fourth-order valence-corrected chi connectivity index (χ4v) is 3.94. The van der Waals surface area contributed by atoms with Crippen LogP contribution in [0.5, 0.6) is 0 Å². The number of aromatic nitrogens is 2. The van der Waals surface area contributed by atoms with E-state index in [9.17, 15) is 9.90 Å². The summed E-state index contributed by atoms with van der Waals surface area (Å²) in [5.74, 6) is 1.09. The minimum absolute atomic E-state index is 0.105. The normalized spacial score (nSPS) is 25.3. The predicted octanol–water partition coefficient (Wildman–Crippen LogP) is 1.75. The van der Waals surface area contributed by atoms with E-state index in [1.807, 2.05) is 0 Å². The Bertz CT molecular complexity index is 611. The van der Waals surface area contributed by atoms with Crippen molar-refractivity contribution < 1.29 is 5.11 Å². The van der Waals surface area contributed by atoms with Crippen molar-refractivity contribution in [2.75, 3.05) is 19.6 Å². The molecule has 23 heavy (non-hydrogen) atoms. The molecule has 2 aliphatic carbocycles. The molecular weight excluding hydrogens is 290 g/mol. The van der Waals surface area contributed by atoms with Gasteiger partial charge < -0.3 is 10.0 Å². The topological polar surface area (TPSA) is 58.4 Å². The molecule has 1 saturated heterocycles. The van der Waals surface area contributed by atoms with Gasteiger partial charge in [-0.15, -0.1) is 0 Å². The molecule has 5 nitrogen and oxygen atoms in total. The van der Waals surface area contributed by atoms with Crippen molar-refractivity contribution in [1.82, 2.24) is 14.5 Å². The summed E-state index contributed by atoms with van der Waals surface area (Å²) in [5, 5.41) is 10.3. The smallest absolute Gasteiger partial charge is 0.253 e. The molecule has 1 aromatic rings. The second-order valence-corrected chi connectivity index (χ2v) is 7.88. The number of aliphatic hydroxyl groups is 1. The van der Waals surface area contributed by atoms with E-state index in [0.29, 0.717) is 11.8 Å². The van der Waals surface area contributed by atoms with Gasteiger partial charge >= 0.3 is 0 Å². The molecule has 0 atom stereocenters. The highest BCUT2D eigenvalue weighted by atomic mass is 16.3. The first-order valence-electron chi connectivity index (χ1n) is 9.12. The van der Waals surface area contributed by atoms with Crippen LogP contribution in [-0.4, -0.2) is 44.8 Å². The van der Waals surface area contributed by atoms with Crippen LogP contribution in [0.3, 0.4) is 0 Å². The van der Waals surface area contributed by atoms with Gasteiger partial charge in [-0.1, -0.05) is 0 Å². The lowest BCUT2D eigenvalue weighted by Crippen LogP contribution is -2.50. The summed E-state index contributed by atoms with van der Waals surface area (Å²) in [5.41, 5.74) is 0.676. The van der Waals surface area contributed by atoms with Crippen LogP contribution in [-0.2, 0) is 6.54 Å². The molecule has 2 heterocycles. The third kappa shape index (κ3) is 3.50. The molecule has 1 aliphatic heterocycles. The average Bonchev–Trinajstić information content (AvgIpc) is 3.34. The number of likely N-dealkylation sites (tertiary alicyclic amines) is 1. The first-order chi connectivity index (χ1) is 11.1. The number of rotatable bonds is 5. The number of hydrogen-bond donors (Lipinski definition) is 1. The maximum Gasteiger partial charge on any atom is 0.253 e. The van der Waals surface area contributed by atoms with Crippen LogP contribution in [0.2, 0.25) is 0 Å². The van der Waals surface area contributed by atoms with Crippen LogP contribution < -0.4 is 5.56 Å². The van der Waals surface area contributed by atoms with Crippen molar-refractivity contribution in [1.29, 1.82) is 0 Å². The Hall–Kier alpha value is -1.20. The second kappa shape index (κ2) is 6.02. The molecule has 0 aromatic carbocycles. The van der Waals surface area contributed by atoms with Crippen molar-refractivity contribution in [2.24, 2.45) is 5.92 Å². The van der Waals surface area contributed by atoms with Crippen molar-refractivity contribution in [3.05, 3.63) is 28.4 Å². The highest BCUT2D eigenvalue weighted by Gasteiger charge is 2.36. The van der Waals surface area contributed by atoms with Crippen molar-refractivity contribution >= 4 is 0 Å². The molecule has 0 spiro atoms. The van der Waals surface area contributed by atoms with Gasteiger partial charge in [0.15, 0.2) is 0 Å². The summed E-state index contributed by atoms with van der Waals surface area (Å²) in [6.45, 7) is 3.69. The van der Waals surface area contributed by atoms with Gasteiger partial charge in [0, 0.05) is 25.1 Å². The van der Waals surface area contributed by atoms with E-state index in [1.165, 1.54) is 19.3 Å². The van der Waals surface area contributed by atoms with Gasteiger partial charge in [0.2, 0.25) is 0 Å². The highest BCUT2D eigenvalue weighted by molar-refractivity contribution is 5.12. The predicted molar refractivity (Wildman–Crippen MR) is 88.4 cm³/mol. The van der Waals surface area contributed by atoms with Crippen LogP contribution in [0.1, 0.15) is 56.6 Å². The molecule has 2 saturated carbocycles. The first-order valence-corrected chi connectivity index (χ1v) is 9.12. The maximum absolute atomic E-state index is 12.2. The van der Waals surface area contributed by atoms with Crippen LogP contribution in [0.25, 0.3) is 0 Å². The Labute approximate surface area is 137 Å². The Morgan fingerprint density at radius 3 is 2.52 bits per heavy atom. The van der Waals surface area contributed by atoms with E-state index in [0.717, 1.165) is 57.6 Å². The molecule has 126 valence electrons.